The molecule has 0 aliphatic rings. The summed E-state index contributed by atoms with van der Waals surface area (Å²) in [5.74, 6) is 0. The SMILES string of the molecule is NCc1ccc(N(CCO)CC(F)(F)F)c2ccccc12. The minimum atomic E-state index is -4.33. The van der Waals surface area contributed by atoms with Crippen LogP contribution in [0.5, 0.6) is 0 Å². The van der Waals surface area contributed by atoms with Gasteiger partial charge in [0.2, 0.25) is 0 Å². The molecule has 3 nitrogen and oxygen atoms in total. The molecule has 0 amide bonds. The quantitative estimate of drug-likeness (QED) is 0.892. The van der Waals surface area contributed by atoms with Crippen molar-refractivity contribution < 1.29 is 18.3 Å². The molecule has 0 saturated heterocycles. The Morgan fingerprint density at radius 1 is 1.05 bits per heavy atom. The van der Waals surface area contributed by atoms with Gasteiger partial charge >= 0.3 is 6.18 Å². The number of benzene rings is 2. The van der Waals surface area contributed by atoms with Gasteiger partial charge in [0.15, 0.2) is 0 Å². The van der Waals surface area contributed by atoms with Crippen LogP contribution >= 0.6 is 0 Å². The van der Waals surface area contributed by atoms with Crippen molar-refractivity contribution in [2.24, 2.45) is 5.73 Å². The molecule has 0 heterocycles. The van der Waals surface area contributed by atoms with Gasteiger partial charge < -0.3 is 15.7 Å². The lowest BCUT2D eigenvalue weighted by Crippen LogP contribution is -2.36. The fourth-order valence-electron chi connectivity index (χ4n) is 2.42. The van der Waals surface area contributed by atoms with Crippen LogP contribution in [0.3, 0.4) is 0 Å². The molecule has 2 aromatic rings. The van der Waals surface area contributed by atoms with Crippen molar-refractivity contribution in [1.82, 2.24) is 0 Å². The number of hydrogen-bond donors (Lipinski definition) is 2. The van der Waals surface area contributed by atoms with Crippen molar-refractivity contribution in [3.63, 3.8) is 0 Å². The van der Waals surface area contributed by atoms with E-state index in [4.69, 9.17) is 10.8 Å². The fraction of sp³-hybridized carbons (Fsp3) is 0.333. The number of aliphatic hydroxyl groups is 1. The van der Waals surface area contributed by atoms with E-state index in [1.54, 1.807) is 24.3 Å². The summed E-state index contributed by atoms with van der Waals surface area (Å²) < 4.78 is 38.2. The molecule has 0 aliphatic carbocycles. The summed E-state index contributed by atoms with van der Waals surface area (Å²) >= 11 is 0. The molecule has 0 aromatic heterocycles. The second-order valence-electron chi connectivity index (χ2n) is 4.75. The number of anilines is 1. The molecule has 0 atom stereocenters. The number of hydrogen-bond acceptors (Lipinski definition) is 3. The van der Waals surface area contributed by atoms with Gasteiger partial charge in [-0.25, -0.2) is 0 Å². The van der Waals surface area contributed by atoms with E-state index in [0.717, 1.165) is 15.8 Å². The highest BCUT2D eigenvalue weighted by Gasteiger charge is 2.31. The molecule has 0 spiro atoms. The van der Waals surface area contributed by atoms with Gasteiger partial charge in [-0.15, -0.1) is 0 Å². The summed E-state index contributed by atoms with van der Waals surface area (Å²) in [6.45, 7) is -1.20. The summed E-state index contributed by atoms with van der Waals surface area (Å²) in [6, 6.07) is 10.6. The van der Waals surface area contributed by atoms with Crippen LogP contribution in [-0.2, 0) is 6.54 Å². The minimum Gasteiger partial charge on any atom is -0.395 e. The van der Waals surface area contributed by atoms with Crippen LogP contribution in [-0.4, -0.2) is 31.0 Å². The topological polar surface area (TPSA) is 49.5 Å². The molecular weight excluding hydrogens is 281 g/mol. The molecule has 114 valence electrons. The van der Waals surface area contributed by atoms with Crippen LogP contribution in [0.15, 0.2) is 36.4 Å². The average molecular weight is 298 g/mol. The first-order valence-corrected chi connectivity index (χ1v) is 6.59. The Morgan fingerprint density at radius 3 is 2.29 bits per heavy atom. The van der Waals surface area contributed by atoms with Crippen LogP contribution in [0.1, 0.15) is 5.56 Å². The number of alkyl halides is 3. The lowest BCUT2D eigenvalue weighted by atomic mass is 10.0. The number of halogens is 3. The highest BCUT2D eigenvalue weighted by atomic mass is 19.4. The molecule has 3 N–H and O–H groups in total. The largest absolute Gasteiger partial charge is 0.405 e. The van der Waals surface area contributed by atoms with E-state index >= 15 is 0 Å². The lowest BCUT2D eigenvalue weighted by molar-refractivity contribution is -0.119. The maximum Gasteiger partial charge on any atom is 0.405 e. The predicted molar refractivity (Wildman–Crippen MR) is 77.2 cm³/mol. The fourth-order valence-corrected chi connectivity index (χ4v) is 2.42. The predicted octanol–water partition coefficient (Wildman–Crippen LogP) is 2.66. The molecule has 0 saturated carbocycles. The van der Waals surface area contributed by atoms with Crippen LogP contribution in [0.4, 0.5) is 18.9 Å². The van der Waals surface area contributed by atoms with Crippen molar-refractivity contribution in [3.05, 3.63) is 42.0 Å². The molecule has 0 bridgehead atoms. The normalized spacial score (nSPS) is 11.9. The van der Waals surface area contributed by atoms with Crippen molar-refractivity contribution in [2.75, 3.05) is 24.6 Å². The maximum atomic E-state index is 12.7. The monoisotopic (exact) mass is 298 g/mol. The third-order valence-corrected chi connectivity index (χ3v) is 3.29. The van der Waals surface area contributed by atoms with E-state index in [9.17, 15) is 13.2 Å². The van der Waals surface area contributed by atoms with E-state index in [0.29, 0.717) is 17.6 Å². The molecular formula is C15H17F3N2O. The van der Waals surface area contributed by atoms with E-state index in [1.807, 2.05) is 12.1 Å². The summed E-state index contributed by atoms with van der Waals surface area (Å²) in [7, 11) is 0. The molecule has 0 radical (unpaired) electrons. The summed E-state index contributed by atoms with van der Waals surface area (Å²) in [4.78, 5) is 1.14. The molecule has 0 aliphatic heterocycles. The molecule has 2 rings (SSSR count). The third kappa shape index (κ3) is 3.65. The van der Waals surface area contributed by atoms with Gasteiger partial charge in [-0.1, -0.05) is 30.3 Å². The number of rotatable bonds is 5. The van der Waals surface area contributed by atoms with E-state index < -0.39 is 12.7 Å². The first-order valence-electron chi connectivity index (χ1n) is 6.59. The van der Waals surface area contributed by atoms with Crippen molar-refractivity contribution in [1.29, 1.82) is 0 Å². The number of nitrogens with two attached hydrogens (primary N) is 1. The van der Waals surface area contributed by atoms with Crippen LogP contribution in [0.25, 0.3) is 10.8 Å². The Bertz CT molecular complexity index is 613. The molecule has 21 heavy (non-hydrogen) atoms. The van der Waals surface area contributed by atoms with Crippen molar-refractivity contribution in [3.8, 4) is 0 Å². The minimum absolute atomic E-state index is 0.0779. The Balaban J connectivity index is 2.52. The Hall–Kier alpha value is -1.79. The number of nitrogens with zero attached hydrogens (tertiary/aromatic N) is 1. The molecule has 0 fully saturated rings. The third-order valence-electron chi connectivity index (χ3n) is 3.29. The van der Waals surface area contributed by atoms with Crippen LogP contribution in [0.2, 0.25) is 0 Å². The first-order chi connectivity index (χ1) is 9.96. The van der Waals surface area contributed by atoms with Gasteiger partial charge in [-0.2, -0.15) is 13.2 Å². The highest BCUT2D eigenvalue weighted by Crippen LogP contribution is 2.31. The smallest absolute Gasteiger partial charge is 0.395 e. The zero-order valence-corrected chi connectivity index (χ0v) is 11.4. The van der Waals surface area contributed by atoms with Crippen molar-refractivity contribution in [2.45, 2.75) is 12.7 Å². The Labute approximate surface area is 120 Å². The van der Waals surface area contributed by atoms with Gasteiger partial charge in [0.1, 0.15) is 6.54 Å². The second-order valence-corrected chi connectivity index (χ2v) is 4.75. The summed E-state index contributed by atoms with van der Waals surface area (Å²) in [5, 5.41) is 10.6. The lowest BCUT2D eigenvalue weighted by Gasteiger charge is -2.27. The number of fused-ring (bicyclic) bond motifs is 1. The van der Waals surface area contributed by atoms with Gasteiger partial charge in [0, 0.05) is 24.2 Å². The Morgan fingerprint density at radius 2 is 1.71 bits per heavy atom. The van der Waals surface area contributed by atoms with Crippen molar-refractivity contribution >= 4 is 16.5 Å². The summed E-state index contributed by atoms with van der Waals surface area (Å²) in [5.41, 5.74) is 7.00. The standard InChI is InChI=1S/C15H17F3N2O/c16-15(17,18)10-20(7-8-21)14-6-5-11(9-19)12-3-1-2-4-13(12)14/h1-6,21H,7-10,19H2. The van der Waals surface area contributed by atoms with Gasteiger partial charge in [0.05, 0.1) is 6.61 Å². The summed E-state index contributed by atoms with van der Waals surface area (Å²) in [6.07, 6.45) is -4.33. The van der Waals surface area contributed by atoms with E-state index in [1.165, 1.54) is 0 Å². The van der Waals surface area contributed by atoms with Gasteiger partial charge in [0.25, 0.3) is 0 Å². The maximum absolute atomic E-state index is 12.7. The van der Waals surface area contributed by atoms with E-state index in [2.05, 4.69) is 0 Å². The van der Waals surface area contributed by atoms with Crippen LogP contribution in [0, 0.1) is 0 Å². The van der Waals surface area contributed by atoms with Gasteiger partial charge in [-0.05, 0) is 17.0 Å². The molecule has 0 unspecified atom stereocenters. The zero-order chi connectivity index (χ0) is 15.5. The first kappa shape index (κ1) is 15.6. The average Bonchev–Trinajstić information content (AvgIpc) is 2.44. The van der Waals surface area contributed by atoms with E-state index in [-0.39, 0.29) is 13.2 Å². The van der Waals surface area contributed by atoms with Crippen LogP contribution < -0.4 is 10.6 Å². The highest BCUT2D eigenvalue weighted by molar-refractivity contribution is 5.96. The second kappa shape index (κ2) is 6.32. The number of aliphatic hydroxyl groups excluding tert-OH is 1. The molecule has 6 heteroatoms. The molecule has 2 aromatic carbocycles. The van der Waals surface area contributed by atoms with Gasteiger partial charge in [-0.3, -0.25) is 0 Å². The zero-order valence-electron chi connectivity index (χ0n) is 11.4. The Kier molecular flexibility index (Phi) is 4.69.